The Hall–Kier alpha value is -1.12. The quantitative estimate of drug-likeness (QED) is 0.476. The molecule has 0 spiro atoms. The number of nitrogens with zero attached hydrogens (tertiary/aromatic N) is 2. The third kappa shape index (κ3) is 0.650. The van der Waals surface area contributed by atoms with E-state index in [0.29, 0.717) is 0 Å². The molecule has 0 radical (unpaired) electrons. The Bertz CT molecular complexity index is 195. The van der Waals surface area contributed by atoms with Crippen LogP contribution in [0.5, 0.6) is 0 Å². The highest BCUT2D eigenvalue weighted by Crippen LogP contribution is 2.18. The molecule has 1 heterocycles. The highest BCUT2D eigenvalue weighted by molar-refractivity contribution is 5.18. The highest BCUT2D eigenvalue weighted by atomic mass is 16.7. The summed E-state index contributed by atoms with van der Waals surface area (Å²) < 4.78 is 0. The predicted molar refractivity (Wildman–Crippen MR) is 31.8 cm³/mol. The molecule has 0 saturated heterocycles. The SMILES string of the molecule is C1=CC2N=NOC2C=C1. The van der Waals surface area contributed by atoms with E-state index in [9.17, 15) is 0 Å². The van der Waals surface area contributed by atoms with Crippen molar-refractivity contribution in [3.05, 3.63) is 24.3 Å². The van der Waals surface area contributed by atoms with Gasteiger partial charge in [0.05, 0.1) is 0 Å². The normalized spacial score (nSPS) is 36.4. The van der Waals surface area contributed by atoms with E-state index in [1.54, 1.807) is 0 Å². The van der Waals surface area contributed by atoms with Crippen LogP contribution in [0.3, 0.4) is 0 Å². The lowest BCUT2D eigenvalue weighted by Crippen LogP contribution is -2.18. The molecular formula is C6H6N2O. The molecule has 2 atom stereocenters. The lowest BCUT2D eigenvalue weighted by molar-refractivity contribution is 0.115. The van der Waals surface area contributed by atoms with Crippen LogP contribution in [0.25, 0.3) is 0 Å². The molecule has 46 valence electrons. The van der Waals surface area contributed by atoms with Crippen LogP contribution in [0.1, 0.15) is 0 Å². The van der Waals surface area contributed by atoms with Crippen LogP contribution in [-0.4, -0.2) is 12.1 Å². The molecule has 0 aromatic carbocycles. The van der Waals surface area contributed by atoms with Crippen molar-refractivity contribution in [2.75, 3.05) is 0 Å². The van der Waals surface area contributed by atoms with Gasteiger partial charge in [-0.3, -0.25) is 0 Å². The highest BCUT2D eigenvalue weighted by Gasteiger charge is 2.24. The molecule has 0 aromatic heterocycles. The van der Waals surface area contributed by atoms with Crippen molar-refractivity contribution in [3.8, 4) is 0 Å². The summed E-state index contributed by atoms with van der Waals surface area (Å²) in [4.78, 5) is 4.88. The third-order valence-electron chi connectivity index (χ3n) is 1.41. The molecule has 3 heteroatoms. The lowest BCUT2D eigenvalue weighted by Gasteiger charge is -2.07. The molecule has 0 N–H and O–H groups in total. The number of allylic oxidation sites excluding steroid dienone is 2. The topological polar surface area (TPSA) is 34.0 Å². The predicted octanol–water partition coefficient (Wildman–Crippen LogP) is 1.25. The summed E-state index contributed by atoms with van der Waals surface area (Å²) in [5.74, 6) is 0. The summed E-state index contributed by atoms with van der Waals surface area (Å²) in [6.45, 7) is 0. The van der Waals surface area contributed by atoms with Gasteiger partial charge in [-0.1, -0.05) is 18.2 Å². The summed E-state index contributed by atoms with van der Waals surface area (Å²) in [6, 6.07) is 0.134. The second-order valence-electron chi connectivity index (χ2n) is 2.03. The molecule has 0 amide bonds. The van der Waals surface area contributed by atoms with Crippen molar-refractivity contribution in [3.63, 3.8) is 0 Å². The van der Waals surface area contributed by atoms with Gasteiger partial charge in [0.25, 0.3) is 0 Å². The van der Waals surface area contributed by atoms with Gasteiger partial charge in [-0.15, -0.1) is 5.11 Å². The third-order valence-corrected chi connectivity index (χ3v) is 1.41. The van der Waals surface area contributed by atoms with Gasteiger partial charge in [0.2, 0.25) is 0 Å². The van der Waals surface area contributed by atoms with Crippen molar-refractivity contribution in [2.24, 2.45) is 10.4 Å². The first-order valence-corrected chi connectivity index (χ1v) is 2.88. The minimum absolute atomic E-state index is 0.0648. The van der Waals surface area contributed by atoms with Crippen LogP contribution in [0, 0.1) is 0 Å². The summed E-state index contributed by atoms with van der Waals surface area (Å²) >= 11 is 0. The van der Waals surface area contributed by atoms with Crippen LogP contribution in [0.4, 0.5) is 0 Å². The van der Waals surface area contributed by atoms with Gasteiger partial charge in [0.15, 0.2) is 6.10 Å². The Kier molecular flexibility index (Phi) is 0.886. The van der Waals surface area contributed by atoms with Gasteiger partial charge in [-0.2, -0.15) is 0 Å². The molecule has 9 heavy (non-hydrogen) atoms. The van der Waals surface area contributed by atoms with Crippen molar-refractivity contribution in [2.45, 2.75) is 12.1 Å². The Balaban J connectivity index is 2.25. The van der Waals surface area contributed by atoms with Crippen LogP contribution in [0.15, 0.2) is 34.7 Å². The largest absolute Gasteiger partial charge is 0.369 e. The summed E-state index contributed by atoms with van der Waals surface area (Å²) in [7, 11) is 0. The van der Waals surface area contributed by atoms with Crippen molar-refractivity contribution >= 4 is 0 Å². The van der Waals surface area contributed by atoms with Gasteiger partial charge < -0.3 is 4.84 Å². The number of hydrogen-bond donors (Lipinski definition) is 0. The van der Waals surface area contributed by atoms with Crippen LogP contribution < -0.4 is 0 Å². The minimum atomic E-state index is 0.0648. The van der Waals surface area contributed by atoms with E-state index in [1.165, 1.54) is 0 Å². The van der Waals surface area contributed by atoms with Gasteiger partial charge in [0, 0.05) is 5.28 Å². The molecule has 2 aliphatic rings. The molecule has 0 aromatic rings. The number of rotatable bonds is 0. The van der Waals surface area contributed by atoms with E-state index in [-0.39, 0.29) is 12.1 Å². The zero-order valence-corrected chi connectivity index (χ0v) is 4.77. The van der Waals surface area contributed by atoms with Crippen molar-refractivity contribution < 1.29 is 4.84 Å². The van der Waals surface area contributed by atoms with E-state index in [4.69, 9.17) is 4.84 Å². The van der Waals surface area contributed by atoms with Crippen molar-refractivity contribution in [1.82, 2.24) is 0 Å². The second-order valence-corrected chi connectivity index (χ2v) is 2.03. The summed E-state index contributed by atoms with van der Waals surface area (Å²) in [5, 5.41) is 7.27. The Labute approximate surface area is 52.7 Å². The maximum absolute atomic E-state index is 4.88. The average Bonchev–Trinajstić information content (AvgIpc) is 2.33. The van der Waals surface area contributed by atoms with Gasteiger partial charge >= 0.3 is 0 Å². The Morgan fingerprint density at radius 1 is 1.22 bits per heavy atom. The lowest BCUT2D eigenvalue weighted by atomic mass is 10.1. The number of hydrogen-bond acceptors (Lipinski definition) is 3. The van der Waals surface area contributed by atoms with Gasteiger partial charge in [-0.05, 0) is 6.08 Å². The second kappa shape index (κ2) is 1.69. The molecule has 0 bridgehead atoms. The standard InChI is InChI=1S/C6H6N2O/c1-2-4-6-5(3-1)7-8-9-6/h1-6H. The number of fused-ring (bicyclic) bond motifs is 1. The van der Waals surface area contributed by atoms with E-state index >= 15 is 0 Å². The molecule has 0 fully saturated rings. The molecule has 1 aliphatic heterocycles. The maximum atomic E-state index is 4.88. The fraction of sp³-hybridized carbons (Fsp3) is 0.333. The Morgan fingerprint density at radius 2 is 2.11 bits per heavy atom. The van der Waals surface area contributed by atoms with Crippen LogP contribution in [0.2, 0.25) is 0 Å². The zero-order valence-electron chi connectivity index (χ0n) is 4.77. The van der Waals surface area contributed by atoms with Gasteiger partial charge in [0.1, 0.15) is 6.04 Å². The molecular weight excluding hydrogens is 116 g/mol. The molecule has 2 rings (SSSR count). The van der Waals surface area contributed by atoms with Gasteiger partial charge in [-0.25, -0.2) is 0 Å². The fourth-order valence-corrected chi connectivity index (χ4v) is 0.913. The monoisotopic (exact) mass is 122 g/mol. The molecule has 1 aliphatic carbocycles. The molecule has 2 unspecified atom stereocenters. The van der Waals surface area contributed by atoms with Crippen LogP contribution >= 0.6 is 0 Å². The zero-order chi connectivity index (χ0) is 6.10. The average molecular weight is 122 g/mol. The summed E-state index contributed by atoms with van der Waals surface area (Å²) in [5.41, 5.74) is 0. The first-order chi connectivity index (χ1) is 4.47. The molecule has 0 saturated carbocycles. The van der Waals surface area contributed by atoms with E-state index < -0.39 is 0 Å². The fourth-order valence-electron chi connectivity index (χ4n) is 0.913. The maximum Gasteiger partial charge on any atom is 0.175 e. The molecule has 3 nitrogen and oxygen atoms in total. The smallest absolute Gasteiger partial charge is 0.175 e. The van der Waals surface area contributed by atoms with E-state index in [2.05, 4.69) is 10.4 Å². The van der Waals surface area contributed by atoms with Crippen molar-refractivity contribution in [1.29, 1.82) is 0 Å². The summed E-state index contributed by atoms with van der Waals surface area (Å²) in [6.07, 6.45) is 7.88. The Morgan fingerprint density at radius 3 is 3.00 bits per heavy atom. The first-order valence-electron chi connectivity index (χ1n) is 2.88. The van der Waals surface area contributed by atoms with E-state index in [0.717, 1.165) is 0 Å². The van der Waals surface area contributed by atoms with Crippen LogP contribution in [-0.2, 0) is 4.84 Å². The first kappa shape index (κ1) is 4.73. The minimum Gasteiger partial charge on any atom is -0.369 e. The van der Waals surface area contributed by atoms with E-state index in [1.807, 2.05) is 24.3 Å².